The van der Waals surface area contributed by atoms with Crippen molar-refractivity contribution in [1.29, 1.82) is 0 Å². The molecule has 39 heavy (non-hydrogen) atoms. The van der Waals surface area contributed by atoms with Gasteiger partial charge in [-0.3, -0.25) is 29.3 Å². The number of piperazine rings is 1. The number of nitrogens with zero attached hydrogens (tertiary/aromatic N) is 1. The highest BCUT2D eigenvalue weighted by Gasteiger charge is 2.37. The topological polar surface area (TPSA) is 194 Å². The van der Waals surface area contributed by atoms with E-state index >= 15 is 0 Å². The van der Waals surface area contributed by atoms with E-state index in [4.69, 9.17) is 4.74 Å². The van der Waals surface area contributed by atoms with Gasteiger partial charge in [0.05, 0.1) is 24.4 Å². The van der Waals surface area contributed by atoms with E-state index in [9.17, 15) is 39.2 Å². The summed E-state index contributed by atoms with van der Waals surface area (Å²) in [7, 11) is 0. The summed E-state index contributed by atoms with van der Waals surface area (Å²) in [4.78, 5) is 72.8. The van der Waals surface area contributed by atoms with Gasteiger partial charge in [0.1, 0.15) is 18.1 Å². The van der Waals surface area contributed by atoms with E-state index < -0.39 is 71.5 Å². The number of amides is 3. The standard InChI is InChI=1S/C26H28N4O9/c1-2-39-22(32)13-18(16-8-10-17(11-9-16)30(37)38)23(26(35)36)29-21(31)14-20-25(34)27-19(24(33)28-20)12-15-6-4-3-5-7-15/h3-11,18-20,23H,2,12-14H2,1H3,(H,27,34)(H,28,33)(H,29,31)(H,35,36)/t18-,19+,20+,23+/m1/s1. The van der Waals surface area contributed by atoms with E-state index in [1.807, 2.05) is 18.2 Å². The van der Waals surface area contributed by atoms with E-state index in [1.165, 1.54) is 12.1 Å². The molecule has 0 radical (unpaired) electrons. The number of hydrogen-bond acceptors (Lipinski definition) is 8. The lowest BCUT2D eigenvalue weighted by Gasteiger charge is -2.30. The number of carboxylic acid groups (broad SMARTS) is 1. The number of nitro groups is 1. The van der Waals surface area contributed by atoms with Crippen molar-refractivity contribution in [3.63, 3.8) is 0 Å². The number of ether oxygens (including phenoxy) is 1. The third kappa shape index (κ3) is 7.84. The zero-order valence-corrected chi connectivity index (χ0v) is 21.0. The molecule has 0 aromatic heterocycles. The second kappa shape index (κ2) is 13.1. The minimum atomic E-state index is -1.64. The zero-order valence-electron chi connectivity index (χ0n) is 21.0. The fourth-order valence-electron chi connectivity index (χ4n) is 4.24. The van der Waals surface area contributed by atoms with Crippen LogP contribution in [0, 0.1) is 10.1 Å². The molecule has 206 valence electrons. The first-order valence-electron chi connectivity index (χ1n) is 12.2. The number of benzene rings is 2. The summed E-state index contributed by atoms with van der Waals surface area (Å²) in [5.74, 6) is -5.30. The Kier molecular flexibility index (Phi) is 9.68. The number of carbonyl (C=O) groups is 5. The average Bonchev–Trinajstić information content (AvgIpc) is 2.89. The number of hydrogen-bond donors (Lipinski definition) is 4. The number of non-ortho nitro benzene ring substituents is 1. The molecule has 1 saturated heterocycles. The lowest BCUT2D eigenvalue weighted by molar-refractivity contribution is -0.384. The summed E-state index contributed by atoms with van der Waals surface area (Å²) in [5.41, 5.74) is 0.834. The molecule has 0 aliphatic carbocycles. The van der Waals surface area contributed by atoms with Gasteiger partial charge in [-0.05, 0) is 18.1 Å². The molecular weight excluding hydrogens is 512 g/mol. The molecule has 2 aromatic carbocycles. The molecule has 1 heterocycles. The van der Waals surface area contributed by atoms with Crippen molar-refractivity contribution in [3.05, 3.63) is 75.8 Å². The zero-order chi connectivity index (χ0) is 28.5. The van der Waals surface area contributed by atoms with Crippen LogP contribution in [-0.2, 0) is 35.1 Å². The van der Waals surface area contributed by atoms with E-state index in [1.54, 1.807) is 19.1 Å². The quantitative estimate of drug-likeness (QED) is 0.171. The van der Waals surface area contributed by atoms with Crippen molar-refractivity contribution in [2.45, 2.75) is 50.2 Å². The van der Waals surface area contributed by atoms with Crippen molar-refractivity contribution >= 4 is 35.3 Å². The van der Waals surface area contributed by atoms with E-state index in [2.05, 4.69) is 16.0 Å². The first-order valence-corrected chi connectivity index (χ1v) is 12.2. The van der Waals surface area contributed by atoms with Crippen LogP contribution in [0.3, 0.4) is 0 Å². The van der Waals surface area contributed by atoms with Gasteiger partial charge in [-0.25, -0.2) is 4.79 Å². The van der Waals surface area contributed by atoms with Crippen LogP contribution in [0.1, 0.15) is 36.8 Å². The summed E-state index contributed by atoms with van der Waals surface area (Å²) in [6.45, 7) is 1.61. The van der Waals surface area contributed by atoms with Gasteiger partial charge < -0.3 is 25.8 Å². The highest BCUT2D eigenvalue weighted by molar-refractivity contribution is 5.99. The second-order valence-electron chi connectivity index (χ2n) is 8.86. The Balaban J connectivity index is 1.72. The fraction of sp³-hybridized carbons (Fsp3) is 0.346. The number of carboxylic acids is 1. The molecule has 0 bridgehead atoms. The highest BCUT2D eigenvalue weighted by atomic mass is 16.6. The fourth-order valence-corrected chi connectivity index (χ4v) is 4.24. The monoisotopic (exact) mass is 540 g/mol. The van der Waals surface area contributed by atoms with Crippen LogP contribution in [0.4, 0.5) is 5.69 Å². The number of aliphatic carboxylic acids is 1. The Morgan fingerprint density at radius 1 is 1.03 bits per heavy atom. The molecule has 4 N–H and O–H groups in total. The van der Waals surface area contributed by atoms with Crippen LogP contribution in [0.5, 0.6) is 0 Å². The van der Waals surface area contributed by atoms with Crippen LogP contribution in [0.25, 0.3) is 0 Å². The van der Waals surface area contributed by atoms with E-state index in [-0.39, 0.29) is 24.3 Å². The van der Waals surface area contributed by atoms with Crippen molar-refractivity contribution in [3.8, 4) is 0 Å². The maximum absolute atomic E-state index is 12.8. The van der Waals surface area contributed by atoms with Crippen molar-refractivity contribution in [2.75, 3.05) is 6.61 Å². The molecule has 13 nitrogen and oxygen atoms in total. The second-order valence-corrected chi connectivity index (χ2v) is 8.86. The van der Waals surface area contributed by atoms with Gasteiger partial charge in [0, 0.05) is 24.5 Å². The lowest BCUT2D eigenvalue weighted by Crippen LogP contribution is -2.63. The third-order valence-corrected chi connectivity index (χ3v) is 6.15. The van der Waals surface area contributed by atoms with Gasteiger partial charge in [0.2, 0.25) is 17.7 Å². The van der Waals surface area contributed by atoms with Crippen LogP contribution in [0.2, 0.25) is 0 Å². The molecule has 0 saturated carbocycles. The van der Waals surface area contributed by atoms with Crippen molar-refractivity contribution < 1.29 is 38.7 Å². The third-order valence-electron chi connectivity index (χ3n) is 6.15. The highest BCUT2D eigenvalue weighted by Crippen LogP contribution is 2.27. The van der Waals surface area contributed by atoms with E-state index in [0.717, 1.165) is 17.7 Å². The van der Waals surface area contributed by atoms with Crippen LogP contribution >= 0.6 is 0 Å². The molecule has 2 aromatic rings. The van der Waals surface area contributed by atoms with Crippen LogP contribution in [0.15, 0.2) is 54.6 Å². The Hall–Kier alpha value is -4.81. The number of esters is 1. The Bertz CT molecular complexity index is 1230. The molecule has 0 spiro atoms. The molecule has 1 aliphatic heterocycles. The maximum Gasteiger partial charge on any atom is 0.326 e. The van der Waals surface area contributed by atoms with Crippen molar-refractivity contribution in [1.82, 2.24) is 16.0 Å². The Morgan fingerprint density at radius 3 is 2.23 bits per heavy atom. The smallest absolute Gasteiger partial charge is 0.326 e. The van der Waals surface area contributed by atoms with Gasteiger partial charge in [-0.15, -0.1) is 0 Å². The predicted molar refractivity (Wildman–Crippen MR) is 135 cm³/mol. The number of rotatable bonds is 12. The number of carbonyl (C=O) groups excluding carboxylic acids is 4. The van der Waals surface area contributed by atoms with Gasteiger partial charge in [0.15, 0.2) is 0 Å². The van der Waals surface area contributed by atoms with Crippen LogP contribution < -0.4 is 16.0 Å². The normalized spacial score (nSPS) is 18.2. The molecular formula is C26H28N4O9. The first-order chi connectivity index (χ1) is 18.6. The molecule has 0 unspecified atom stereocenters. The molecule has 13 heteroatoms. The summed E-state index contributed by atoms with van der Waals surface area (Å²) in [6, 6.07) is 10.2. The minimum absolute atomic E-state index is 0.0394. The molecule has 1 aliphatic rings. The Labute approximate surface area is 223 Å². The predicted octanol–water partition coefficient (Wildman–Crippen LogP) is 0.817. The van der Waals surface area contributed by atoms with Gasteiger partial charge in [-0.1, -0.05) is 42.5 Å². The number of nitrogens with one attached hydrogen (secondary N) is 3. The molecule has 3 rings (SSSR count). The SMILES string of the molecule is CCOC(=O)C[C@H](c1ccc([N+](=O)[O-])cc1)[C@H](NC(=O)C[C@@H]1NC(=O)[C@H](Cc2ccccc2)NC1=O)C(=O)O. The van der Waals surface area contributed by atoms with Gasteiger partial charge >= 0.3 is 11.9 Å². The summed E-state index contributed by atoms with van der Waals surface area (Å²) in [5, 5.41) is 28.3. The minimum Gasteiger partial charge on any atom is -0.480 e. The first kappa shape index (κ1) is 28.8. The lowest BCUT2D eigenvalue weighted by atomic mass is 9.88. The van der Waals surface area contributed by atoms with Crippen molar-refractivity contribution in [2.24, 2.45) is 0 Å². The largest absolute Gasteiger partial charge is 0.480 e. The number of nitro benzene ring substituents is 1. The average molecular weight is 541 g/mol. The van der Waals surface area contributed by atoms with Gasteiger partial charge in [0.25, 0.3) is 5.69 Å². The molecule has 3 amide bonds. The summed E-state index contributed by atoms with van der Waals surface area (Å²) < 4.78 is 4.94. The summed E-state index contributed by atoms with van der Waals surface area (Å²) >= 11 is 0. The summed E-state index contributed by atoms with van der Waals surface area (Å²) in [6.07, 6.45) is -0.736. The maximum atomic E-state index is 12.8. The molecule has 1 fully saturated rings. The van der Waals surface area contributed by atoms with Crippen LogP contribution in [-0.4, -0.2) is 64.4 Å². The van der Waals surface area contributed by atoms with Gasteiger partial charge in [-0.2, -0.15) is 0 Å². The molecule has 4 atom stereocenters. The Morgan fingerprint density at radius 2 is 1.64 bits per heavy atom. The van der Waals surface area contributed by atoms with E-state index in [0.29, 0.717) is 0 Å².